The molecule has 5 heteroatoms. The van der Waals surface area contributed by atoms with E-state index in [2.05, 4.69) is 5.32 Å². The van der Waals surface area contributed by atoms with Gasteiger partial charge in [-0.1, -0.05) is 18.2 Å². The Morgan fingerprint density at radius 1 is 1.05 bits per heavy atom. The lowest BCUT2D eigenvalue weighted by molar-refractivity contribution is -0.128. The number of carbonyl (C=O) groups excluding carboxylic acids is 2. The molecule has 1 aromatic rings. The molecule has 5 nitrogen and oxygen atoms in total. The van der Waals surface area contributed by atoms with Crippen LogP contribution >= 0.6 is 0 Å². The molecule has 0 aliphatic heterocycles. The van der Waals surface area contributed by atoms with E-state index < -0.39 is 0 Å². The molecule has 0 saturated carbocycles. The van der Waals surface area contributed by atoms with E-state index in [-0.39, 0.29) is 11.8 Å². The van der Waals surface area contributed by atoms with Crippen molar-refractivity contribution in [3.63, 3.8) is 0 Å². The summed E-state index contributed by atoms with van der Waals surface area (Å²) < 4.78 is 0. The van der Waals surface area contributed by atoms with E-state index in [1.807, 2.05) is 37.2 Å². The summed E-state index contributed by atoms with van der Waals surface area (Å²) in [5.74, 6) is -0.0810. The molecule has 0 radical (unpaired) electrons. The number of nitrogens with one attached hydrogen (secondary N) is 1. The van der Waals surface area contributed by atoms with E-state index >= 15 is 0 Å². The fourth-order valence-corrected chi connectivity index (χ4v) is 1.74. The van der Waals surface area contributed by atoms with Gasteiger partial charge in [0, 0.05) is 38.7 Å². The van der Waals surface area contributed by atoms with Crippen molar-refractivity contribution < 1.29 is 9.59 Å². The average Bonchev–Trinajstić information content (AvgIpc) is 2.42. The molecule has 0 atom stereocenters. The lowest BCUT2D eigenvalue weighted by Gasteiger charge is -2.23. The smallest absolute Gasteiger partial charge is 0.251 e. The molecule has 0 fully saturated rings. The molecule has 0 heterocycles. The van der Waals surface area contributed by atoms with Gasteiger partial charge in [-0.05, 0) is 26.2 Å². The zero-order valence-electron chi connectivity index (χ0n) is 12.4. The van der Waals surface area contributed by atoms with E-state index in [4.69, 9.17) is 0 Å². The van der Waals surface area contributed by atoms with Gasteiger partial charge in [-0.2, -0.15) is 0 Å². The van der Waals surface area contributed by atoms with Crippen molar-refractivity contribution >= 4 is 11.8 Å². The Hall–Kier alpha value is -1.88. The van der Waals surface area contributed by atoms with Crippen LogP contribution in [0.1, 0.15) is 17.3 Å². The van der Waals surface area contributed by atoms with Crippen molar-refractivity contribution in [1.82, 2.24) is 15.1 Å². The van der Waals surface area contributed by atoms with Crippen LogP contribution in [-0.2, 0) is 4.79 Å². The van der Waals surface area contributed by atoms with Crippen molar-refractivity contribution in [1.29, 1.82) is 0 Å². The number of hydrogen-bond donors (Lipinski definition) is 1. The highest BCUT2D eigenvalue weighted by atomic mass is 16.2. The molecule has 110 valence electrons. The Morgan fingerprint density at radius 3 is 2.25 bits per heavy atom. The van der Waals surface area contributed by atoms with Crippen LogP contribution in [0.4, 0.5) is 0 Å². The van der Waals surface area contributed by atoms with E-state index in [1.54, 1.807) is 24.0 Å². The van der Waals surface area contributed by atoms with Crippen LogP contribution in [0.3, 0.4) is 0 Å². The molecule has 2 amide bonds. The summed E-state index contributed by atoms with van der Waals surface area (Å²) in [5.41, 5.74) is 0.634. The Labute approximate surface area is 120 Å². The van der Waals surface area contributed by atoms with Crippen molar-refractivity contribution in [3.05, 3.63) is 35.9 Å². The number of amides is 2. The van der Waals surface area contributed by atoms with Crippen molar-refractivity contribution in [2.45, 2.75) is 6.92 Å². The predicted molar refractivity (Wildman–Crippen MR) is 79.6 cm³/mol. The highest BCUT2D eigenvalue weighted by molar-refractivity contribution is 5.94. The molecule has 0 aromatic heterocycles. The van der Waals surface area contributed by atoms with Crippen LogP contribution in [0.2, 0.25) is 0 Å². The highest BCUT2D eigenvalue weighted by Gasteiger charge is 2.10. The zero-order chi connectivity index (χ0) is 15.0. The highest BCUT2D eigenvalue weighted by Crippen LogP contribution is 1.97. The summed E-state index contributed by atoms with van der Waals surface area (Å²) in [4.78, 5) is 27.1. The summed E-state index contributed by atoms with van der Waals surface area (Å²) in [5, 5.41) is 2.83. The minimum atomic E-state index is -0.110. The first-order valence-corrected chi connectivity index (χ1v) is 6.74. The van der Waals surface area contributed by atoms with Crippen LogP contribution in [0.15, 0.2) is 30.3 Å². The molecule has 1 N–H and O–H groups in total. The van der Waals surface area contributed by atoms with Gasteiger partial charge in [0.2, 0.25) is 5.91 Å². The molecule has 0 aliphatic carbocycles. The molecule has 0 unspecified atom stereocenters. The van der Waals surface area contributed by atoms with Crippen LogP contribution in [0, 0.1) is 0 Å². The van der Waals surface area contributed by atoms with Crippen molar-refractivity contribution in [2.75, 3.05) is 40.3 Å². The maximum absolute atomic E-state index is 11.8. The zero-order valence-corrected chi connectivity index (χ0v) is 12.4. The topological polar surface area (TPSA) is 52.7 Å². The quantitative estimate of drug-likeness (QED) is 0.803. The lowest BCUT2D eigenvalue weighted by Crippen LogP contribution is -2.40. The second-order valence-electron chi connectivity index (χ2n) is 4.93. The van der Waals surface area contributed by atoms with Gasteiger partial charge in [0.25, 0.3) is 5.91 Å². The Bertz CT molecular complexity index is 432. The first-order chi connectivity index (χ1) is 9.50. The Kier molecular flexibility index (Phi) is 6.73. The molecule has 20 heavy (non-hydrogen) atoms. The van der Waals surface area contributed by atoms with Gasteiger partial charge in [-0.25, -0.2) is 0 Å². The van der Waals surface area contributed by atoms with Gasteiger partial charge in [-0.3, -0.25) is 9.59 Å². The third-order valence-electron chi connectivity index (χ3n) is 2.97. The fourth-order valence-electron chi connectivity index (χ4n) is 1.74. The number of nitrogens with zero attached hydrogens (tertiary/aromatic N) is 2. The van der Waals surface area contributed by atoms with Crippen LogP contribution < -0.4 is 5.32 Å². The lowest BCUT2D eigenvalue weighted by atomic mass is 10.2. The van der Waals surface area contributed by atoms with E-state index in [1.165, 1.54) is 0 Å². The number of benzene rings is 1. The van der Waals surface area contributed by atoms with Gasteiger partial charge < -0.3 is 15.1 Å². The van der Waals surface area contributed by atoms with Crippen molar-refractivity contribution in [3.8, 4) is 0 Å². The van der Waals surface area contributed by atoms with Crippen LogP contribution in [-0.4, -0.2) is 61.9 Å². The number of rotatable bonds is 7. The third-order valence-corrected chi connectivity index (χ3v) is 2.97. The largest absolute Gasteiger partial charge is 0.350 e. The number of carbonyl (C=O) groups is 2. The summed E-state index contributed by atoms with van der Waals surface area (Å²) in [6, 6.07) is 9.06. The minimum absolute atomic E-state index is 0.0285. The standard InChI is InChI=1S/C15H23N3O2/c1-13(19)18(12-11-17(2)3)10-9-16-15(20)14-7-5-4-6-8-14/h4-8H,9-12H2,1-3H3,(H,16,20). The first kappa shape index (κ1) is 16.2. The van der Waals surface area contributed by atoms with Crippen LogP contribution in [0.25, 0.3) is 0 Å². The first-order valence-electron chi connectivity index (χ1n) is 6.74. The average molecular weight is 277 g/mol. The number of hydrogen-bond acceptors (Lipinski definition) is 3. The SMILES string of the molecule is CC(=O)N(CCNC(=O)c1ccccc1)CCN(C)C. The van der Waals surface area contributed by atoms with Gasteiger partial charge in [-0.15, -0.1) is 0 Å². The predicted octanol–water partition coefficient (Wildman–Crippen LogP) is 0.826. The summed E-state index contributed by atoms with van der Waals surface area (Å²) >= 11 is 0. The normalized spacial score (nSPS) is 10.4. The van der Waals surface area contributed by atoms with Gasteiger partial charge in [0.15, 0.2) is 0 Å². The maximum Gasteiger partial charge on any atom is 0.251 e. The molecule has 1 rings (SSSR count). The molecule has 1 aromatic carbocycles. The van der Waals surface area contributed by atoms with Gasteiger partial charge >= 0.3 is 0 Å². The van der Waals surface area contributed by atoms with Gasteiger partial charge in [0.05, 0.1) is 0 Å². The van der Waals surface area contributed by atoms with Crippen LogP contribution in [0.5, 0.6) is 0 Å². The third kappa shape index (κ3) is 5.84. The Balaban J connectivity index is 2.37. The Morgan fingerprint density at radius 2 is 1.70 bits per heavy atom. The van der Waals surface area contributed by atoms with E-state index in [0.29, 0.717) is 25.2 Å². The maximum atomic E-state index is 11.8. The second kappa shape index (κ2) is 8.32. The van der Waals surface area contributed by atoms with Gasteiger partial charge in [0.1, 0.15) is 0 Å². The van der Waals surface area contributed by atoms with E-state index in [9.17, 15) is 9.59 Å². The minimum Gasteiger partial charge on any atom is -0.350 e. The van der Waals surface area contributed by atoms with Crippen molar-refractivity contribution in [2.24, 2.45) is 0 Å². The summed E-state index contributed by atoms with van der Waals surface area (Å²) in [6.07, 6.45) is 0. The number of likely N-dealkylation sites (N-methyl/N-ethyl adjacent to an activating group) is 1. The molecule has 0 saturated heterocycles. The molecule has 0 bridgehead atoms. The molecule has 0 aliphatic rings. The summed E-state index contributed by atoms with van der Waals surface area (Å²) in [7, 11) is 3.94. The van der Waals surface area contributed by atoms with E-state index in [0.717, 1.165) is 6.54 Å². The second-order valence-corrected chi connectivity index (χ2v) is 4.93. The summed E-state index contributed by atoms with van der Waals surface area (Å²) in [6.45, 7) is 4.02. The molecular weight excluding hydrogens is 254 g/mol. The monoisotopic (exact) mass is 277 g/mol. The molecular formula is C15H23N3O2. The molecule has 0 spiro atoms. The fraction of sp³-hybridized carbons (Fsp3) is 0.467.